The van der Waals surface area contributed by atoms with E-state index in [9.17, 15) is 0 Å². The molecule has 0 aliphatic heterocycles. The van der Waals surface area contributed by atoms with Crippen molar-refractivity contribution in [3.63, 3.8) is 0 Å². The van der Waals surface area contributed by atoms with Crippen molar-refractivity contribution in [1.29, 1.82) is 0 Å². The van der Waals surface area contributed by atoms with E-state index in [-0.39, 0.29) is 5.41 Å². The van der Waals surface area contributed by atoms with Gasteiger partial charge >= 0.3 is 0 Å². The van der Waals surface area contributed by atoms with E-state index in [0.717, 1.165) is 19.4 Å². The lowest BCUT2D eigenvalue weighted by atomic mass is 9.83. The summed E-state index contributed by atoms with van der Waals surface area (Å²) in [4.78, 5) is 2.41. The number of likely N-dealkylation sites (N-methyl/N-ethyl adjacent to an activating group) is 1. The van der Waals surface area contributed by atoms with Gasteiger partial charge in [0.2, 0.25) is 0 Å². The average molecular weight is 273 g/mol. The van der Waals surface area contributed by atoms with Gasteiger partial charge in [0.25, 0.3) is 0 Å². The van der Waals surface area contributed by atoms with E-state index in [4.69, 9.17) is 0 Å². The molecule has 20 heavy (non-hydrogen) atoms. The standard InChI is InChI=1S/C19H31N/c1-15(2)8-9-17-10-12-18(13-11-17)19(5,6)14-20(7)16(3)4/h10-13,16H,1,8-9,14H2,2-7H3. The number of hydrogen-bond donors (Lipinski definition) is 0. The Morgan fingerprint density at radius 3 is 2.20 bits per heavy atom. The van der Waals surface area contributed by atoms with Crippen LogP contribution in [-0.4, -0.2) is 24.5 Å². The molecule has 0 atom stereocenters. The Morgan fingerprint density at radius 2 is 1.75 bits per heavy atom. The maximum absolute atomic E-state index is 3.97. The van der Waals surface area contributed by atoms with Gasteiger partial charge in [-0.25, -0.2) is 0 Å². The summed E-state index contributed by atoms with van der Waals surface area (Å²) in [6.45, 7) is 16.3. The molecule has 0 aliphatic rings. The second-order valence-electron chi connectivity index (χ2n) is 7.05. The first kappa shape index (κ1) is 17.0. The first-order valence-electron chi connectivity index (χ1n) is 7.66. The molecule has 0 spiro atoms. The zero-order valence-electron chi connectivity index (χ0n) is 14.2. The number of nitrogens with zero attached hydrogens (tertiary/aromatic N) is 1. The van der Waals surface area contributed by atoms with E-state index in [1.54, 1.807) is 0 Å². The van der Waals surface area contributed by atoms with Gasteiger partial charge in [-0.2, -0.15) is 0 Å². The molecule has 0 saturated carbocycles. The van der Waals surface area contributed by atoms with Crippen LogP contribution in [0.4, 0.5) is 0 Å². The molecular weight excluding hydrogens is 242 g/mol. The van der Waals surface area contributed by atoms with Gasteiger partial charge in [0, 0.05) is 18.0 Å². The highest BCUT2D eigenvalue weighted by atomic mass is 15.1. The maximum atomic E-state index is 3.97. The van der Waals surface area contributed by atoms with Crippen molar-refractivity contribution in [3.05, 3.63) is 47.5 Å². The first-order chi connectivity index (χ1) is 9.22. The molecule has 0 saturated heterocycles. The summed E-state index contributed by atoms with van der Waals surface area (Å²) >= 11 is 0. The largest absolute Gasteiger partial charge is 0.303 e. The molecule has 0 fully saturated rings. The molecule has 0 heterocycles. The number of aryl methyl sites for hydroxylation is 1. The van der Waals surface area contributed by atoms with Gasteiger partial charge in [-0.15, -0.1) is 6.58 Å². The predicted octanol–water partition coefficient (Wildman–Crippen LogP) is 4.81. The third-order valence-corrected chi connectivity index (χ3v) is 4.10. The van der Waals surface area contributed by atoms with Crippen LogP contribution >= 0.6 is 0 Å². The summed E-state index contributed by atoms with van der Waals surface area (Å²) in [5.74, 6) is 0. The molecule has 0 radical (unpaired) electrons. The Hall–Kier alpha value is -1.08. The Kier molecular flexibility index (Phi) is 6.01. The molecule has 1 aromatic carbocycles. The second kappa shape index (κ2) is 7.08. The summed E-state index contributed by atoms with van der Waals surface area (Å²) in [6, 6.07) is 9.72. The molecule has 1 aromatic rings. The van der Waals surface area contributed by atoms with Crippen LogP contribution in [0.2, 0.25) is 0 Å². The van der Waals surface area contributed by atoms with E-state index < -0.39 is 0 Å². The number of hydrogen-bond acceptors (Lipinski definition) is 1. The third kappa shape index (κ3) is 5.13. The lowest BCUT2D eigenvalue weighted by Crippen LogP contribution is -2.38. The normalized spacial score (nSPS) is 12.2. The lowest BCUT2D eigenvalue weighted by Gasteiger charge is -2.33. The summed E-state index contributed by atoms with van der Waals surface area (Å²) in [5, 5.41) is 0. The fraction of sp³-hybridized carbons (Fsp3) is 0.579. The van der Waals surface area contributed by atoms with E-state index >= 15 is 0 Å². The SMILES string of the molecule is C=C(C)CCc1ccc(C(C)(C)CN(C)C(C)C)cc1. The van der Waals surface area contributed by atoms with Crippen molar-refractivity contribution in [2.45, 2.75) is 58.9 Å². The molecule has 0 N–H and O–H groups in total. The van der Waals surface area contributed by atoms with Gasteiger partial charge in [-0.3, -0.25) is 0 Å². The van der Waals surface area contributed by atoms with Gasteiger partial charge in [0.05, 0.1) is 0 Å². The lowest BCUT2D eigenvalue weighted by molar-refractivity contribution is 0.223. The van der Waals surface area contributed by atoms with E-state index in [0.29, 0.717) is 6.04 Å². The van der Waals surface area contributed by atoms with E-state index in [1.807, 2.05) is 0 Å². The molecule has 0 aromatic heterocycles. The van der Waals surface area contributed by atoms with Crippen molar-refractivity contribution in [1.82, 2.24) is 4.90 Å². The molecular formula is C19H31N. The van der Waals surface area contributed by atoms with E-state index in [1.165, 1.54) is 16.7 Å². The fourth-order valence-corrected chi connectivity index (χ4v) is 2.38. The van der Waals surface area contributed by atoms with Gasteiger partial charge in [0.15, 0.2) is 0 Å². The number of allylic oxidation sites excluding steroid dienone is 1. The second-order valence-corrected chi connectivity index (χ2v) is 7.05. The minimum Gasteiger partial charge on any atom is -0.303 e. The minimum absolute atomic E-state index is 0.186. The maximum Gasteiger partial charge on any atom is 0.00729 e. The zero-order chi connectivity index (χ0) is 15.3. The van der Waals surface area contributed by atoms with Crippen LogP contribution in [0.5, 0.6) is 0 Å². The van der Waals surface area contributed by atoms with Crippen LogP contribution in [0.3, 0.4) is 0 Å². The van der Waals surface area contributed by atoms with Crippen molar-refractivity contribution in [2.75, 3.05) is 13.6 Å². The Labute approximate surface area is 125 Å². The van der Waals surface area contributed by atoms with Crippen LogP contribution in [0.1, 0.15) is 52.2 Å². The fourth-order valence-electron chi connectivity index (χ4n) is 2.38. The Balaban J connectivity index is 2.73. The van der Waals surface area contributed by atoms with Crippen LogP contribution in [-0.2, 0) is 11.8 Å². The van der Waals surface area contributed by atoms with Gasteiger partial charge in [-0.1, -0.05) is 43.7 Å². The predicted molar refractivity (Wildman–Crippen MR) is 90.4 cm³/mol. The van der Waals surface area contributed by atoms with Crippen molar-refractivity contribution in [2.24, 2.45) is 0 Å². The van der Waals surface area contributed by atoms with Gasteiger partial charge in [-0.05, 0) is 51.8 Å². The zero-order valence-corrected chi connectivity index (χ0v) is 14.2. The molecule has 1 nitrogen and oxygen atoms in total. The van der Waals surface area contributed by atoms with Crippen LogP contribution in [0.25, 0.3) is 0 Å². The highest BCUT2D eigenvalue weighted by Gasteiger charge is 2.23. The van der Waals surface area contributed by atoms with Crippen molar-refractivity contribution >= 4 is 0 Å². The van der Waals surface area contributed by atoms with E-state index in [2.05, 4.69) is 77.4 Å². The summed E-state index contributed by atoms with van der Waals surface area (Å²) in [5.41, 5.74) is 4.27. The van der Waals surface area contributed by atoms with Crippen LogP contribution < -0.4 is 0 Å². The smallest absolute Gasteiger partial charge is 0.00729 e. The van der Waals surface area contributed by atoms with Crippen LogP contribution in [0.15, 0.2) is 36.4 Å². The van der Waals surface area contributed by atoms with Crippen molar-refractivity contribution in [3.8, 4) is 0 Å². The molecule has 1 rings (SSSR count). The molecule has 1 heteroatoms. The Morgan fingerprint density at radius 1 is 1.20 bits per heavy atom. The molecule has 0 aliphatic carbocycles. The molecule has 0 unspecified atom stereocenters. The monoisotopic (exact) mass is 273 g/mol. The third-order valence-electron chi connectivity index (χ3n) is 4.10. The highest BCUT2D eigenvalue weighted by Crippen LogP contribution is 2.25. The minimum atomic E-state index is 0.186. The quantitative estimate of drug-likeness (QED) is 0.644. The molecule has 112 valence electrons. The number of benzene rings is 1. The average Bonchev–Trinajstić information content (AvgIpc) is 2.36. The summed E-state index contributed by atoms with van der Waals surface area (Å²) in [7, 11) is 2.20. The van der Waals surface area contributed by atoms with Gasteiger partial charge in [0.1, 0.15) is 0 Å². The number of rotatable bonds is 7. The first-order valence-corrected chi connectivity index (χ1v) is 7.66. The molecule has 0 bridgehead atoms. The van der Waals surface area contributed by atoms with Gasteiger partial charge < -0.3 is 4.90 Å². The highest BCUT2D eigenvalue weighted by molar-refractivity contribution is 5.29. The van der Waals surface area contributed by atoms with Crippen molar-refractivity contribution < 1.29 is 0 Å². The Bertz CT molecular complexity index is 426. The topological polar surface area (TPSA) is 3.24 Å². The summed E-state index contributed by atoms with van der Waals surface area (Å²) < 4.78 is 0. The summed E-state index contributed by atoms with van der Waals surface area (Å²) in [6.07, 6.45) is 2.18. The van der Waals surface area contributed by atoms with Crippen LogP contribution in [0, 0.1) is 0 Å². The molecule has 0 amide bonds.